The van der Waals surface area contributed by atoms with Gasteiger partial charge in [-0.15, -0.1) is 0 Å². The number of hydrogen-bond donors (Lipinski definition) is 2. The molecule has 0 saturated heterocycles. The molecule has 0 spiro atoms. The third-order valence-corrected chi connectivity index (χ3v) is 4.26. The molecule has 0 bridgehead atoms. The minimum atomic E-state index is -0.485. The number of rotatable bonds is 6. The van der Waals surface area contributed by atoms with Gasteiger partial charge in [0.2, 0.25) is 0 Å². The second kappa shape index (κ2) is 8.07. The van der Waals surface area contributed by atoms with Crippen molar-refractivity contribution in [1.29, 1.82) is 0 Å². The molecule has 0 aliphatic carbocycles. The summed E-state index contributed by atoms with van der Waals surface area (Å²) in [4.78, 5) is 23.1. The molecule has 0 fully saturated rings. The third-order valence-electron chi connectivity index (χ3n) is 4.26. The summed E-state index contributed by atoms with van der Waals surface area (Å²) < 4.78 is 27.5. The van der Waals surface area contributed by atoms with Gasteiger partial charge in [-0.2, -0.15) is 0 Å². The molecule has 1 atom stereocenters. The lowest BCUT2D eigenvalue weighted by atomic mass is 10.0. The zero-order chi connectivity index (χ0) is 19.4. The highest BCUT2D eigenvalue weighted by Crippen LogP contribution is 2.25. The maximum Gasteiger partial charge on any atom is 0.251 e. The van der Waals surface area contributed by atoms with Crippen LogP contribution in [0.25, 0.3) is 11.4 Å². The van der Waals surface area contributed by atoms with E-state index in [2.05, 4.69) is 20.3 Å². The lowest BCUT2D eigenvalue weighted by molar-refractivity contribution is 0.566. The van der Waals surface area contributed by atoms with Crippen LogP contribution in [0, 0.1) is 11.6 Å². The maximum atomic E-state index is 14.0. The first-order valence-corrected chi connectivity index (χ1v) is 8.78. The van der Waals surface area contributed by atoms with Crippen LogP contribution in [0.1, 0.15) is 37.6 Å². The predicted octanol–water partition coefficient (Wildman–Crippen LogP) is 4.24. The number of halogens is 2. The van der Waals surface area contributed by atoms with E-state index >= 15 is 0 Å². The largest absolute Gasteiger partial charge is 0.363 e. The van der Waals surface area contributed by atoms with Gasteiger partial charge in [0.05, 0.1) is 6.04 Å². The number of anilines is 1. The number of nitrogens with zero attached hydrogens (tertiary/aromatic N) is 2. The summed E-state index contributed by atoms with van der Waals surface area (Å²) in [6.07, 6.45) is 2.79. The van der Waals surface area contributed by atoms with Crippen molar-refractivity contribution >= 4 is 5.82 Å². The average Bonchev–Trinajstić information content (AvgIpc) is 2.68. The van der Waals surface area contributed by atoms with Crippen LogP contribution >= 0.6 is 0 Å². The normalized spacial score (nSPS) is 12.0. The van der Waals surface area contributed by atoms with Gasteiger partial charge in [-0.25, -0.2) is 18.7 Å². The van der Waals surface area contributed by atoms with Gasteiger partial charge < -0.3 is 10.3 Å². The van der Waals surface area contributed by atoms with E-state index in [-0.39, 0.29) is 11.1 Å². The van der Waals surface area contributed by atoms with Crippen LogP contribution in [0.5, 0.6) is 0 Å². The fourth-order valence-electron chi connectivity index (χ4n) is 2.80. The molecule has 2 heterocycles. The van der Waals surface area contributed by atoms with Crippen LogP contribution in [0.15, 0.2) is 47.4 Å². The van der Waals surface area contributed by atoms with E-state index in [0.717, 1.165) is 12.1 Å². The molecule has 5 nitrogen and oxygen atoms in total. The van der Waals surface area contributed by atoms with Crippen molar-refractivity contribution in [2.45, 2.75) is 32.7 Å². The summed E-state index contributed by atoms with van der Waals surface area (Å²) >= 11 is 0. The number of pyridine rings is 1. The number of benzene rings is 1. The Hall–Kier alpha value is -3.09. The first-order chi connectivity index (χ1) is 13.0. The SMILES string of the molecule is CCc1cc(=O)[nH]c(-c2ccc(NC(CC)c3cc(F)ccc3F)nc2)n1. The van der Waals surface area contributed by atoms with Crippen molar-refractivity contribution in [3.63, 3.8) is 0 Å². The van der Waals surface area contributed by atoms with Crippen LogP contribution in [0.2, 0.25) is 0 Å². The third kappa shape index (κ3) is 4.36. The van der Waals surface area contributed by atoms with E-state index < -0.39 is 17.7 Å². The van der Waals surface area contributed by atoms with Crippen LogP contribution in [-0.4, -0.2) is 15.0 Å². The number of aromatic amines is 1. The summed E-state index contributed by atoms with van der Waals surface area (Å²) in [5.74, 6) is 0.0104. The minimum absolute atomic E-state index is 0.216. The highest BCUT2D eigenvalue weighted by Gasteiger charge is 2.15. The molecule has 0 aliphatic rings. The average molecular weight is 370 g/mol. The zero-order valence-corrected chi connectivity index (χ0v) is 15.1. The molecule has 0 saturated carbocycles. The molecule has 1 aromatic carbocycles. The fourth-order valence-corrected chi connectivity index (χ4v) is 2.80. The van der Waals surface area contributed by atoms with Crippen molar-refractivity contribution < 1.29 is 8.78 Å². The molecular formula is C20H20F2N4O. The van der Waals surface area contributed by atoms with Crippen molar-refractivity contribution in [2.75, 3.05) is 5.32 Å². The van der Waals surface area contributed by atoms with Crippen LogP contribution in [0.3, 0.4) is 0 Å². The Kier molecular flexibility index (Phi) is 5.59. The molecule has 0 aliphatic heterocycles. The molecule has 27 heavy (non-hydrogen) atoms. The van der Waals surface area contributed by atoms with E-state index in [1.807, 2.05) is 13.8 Å². The van der Waals surface area contributed by atoms with Gasteiger partial charge in [-0.05, 0) is 43.2 Å². The Bertz CT molecular complexity index is 986. The highest BCUT2D eigenvalue weighted by atomic mass is 19.1. The molecule has 0 radical (unpaired) electrons. The molecule has 140 valence electrons. The molecule has 0 amide bonds. The summed E-state index contributed by atoms with van der Waals surface area (Å²) in [7, 11) is 0. The van der Waals surface area contributed by atoms with E-state index in [4.69, 9.17) is 0 Å². The van der Waals surface area contributed by atoms with Gasteiger partial charge in [-0.1, -0.05) is 13.8 Å². The Morgan fingerprint density at radius 1 is 1.15 bits per heavy atom. The summed E-state index contributed by atoms with van der Waals surface area (Å²) in [5.41, 5.74) is 1.40. The monoisotopic (exact) mass is 370 g/mol. The number of aromatic nitrogens is 3. The second-order valence-electron chi connectivity index (χ2n) is 6.14. The molecule has 1 unspecified atom stereocenters. The quantitative estimate of drug-likeness (QED) is 0.681. The Balaban J connectivity index is 1.84. The van der Waals surface area contributed by atoms with E-state index in [1.165, 1.54) is 12.1 Å². The minimum Gasteiger partial charge on any atom is -0.363 e. The fraction of sp³-hybridized carbons (Fsp3) is 0.250. The van der Waals surface area contributed by atoms with Gasteiger partial charge in [0.1, 0.15) is 23.3 Å². The molecule has 7 heteroatoms. The van der Waals surface area contributed by atoms with Gasteiger partial charge >= 0.3 is 0 Å². The van der Waals surface area contributed by atoms with Gasteiger partial charge in [0, 0.05) is 29.1 Å². The Labute approximate surface area is 155 Å². The number of aryl methyl sites for hydroxylation is 1. The van der Waals surface area contributed by atoms with Crippen LogP contribution < -0.4 is 10.9 Å². The van der Waals surface area contributed by atoms with E-state index in [1.54, 1.807) is 18.3 Å². The van der Waals surface area contributed by atoms with Crippen molar-refractivity contribution in [1.82, 2.24) is 15.0 Å². The molecule has 3 rings (SSSR count). The van der Waals surface area contributed by atoms with Crippen molar-refractivity contribution in [3.8, 4) is 11.4 Å². The van der Waals surface area contributed by atoms with Crippen LogP contribution in [0.4, 0.5) is 14.6 Å². The van der Waals surface area contributed by atoms with Crippen LogP contribution in [-0.2, 0) is 6.42 Å². The first-order valence-electron chi connectivity index (χ1n) is 8.78. The number of H-pyrrole nitrogens is 1. The molecular weight excluding hydrogens is 350 g/mol. The predicted molar refractivity (Wildman–Crippen MR) is 100 cm³/mol. The van der Waals surface area contributed by atoms with Gasteiger partial charge in [0.25, 0.3) is 5.56 Å². The van der Waals surface area contributed by atoms with Crippen molar-refractivity contribution in [3.05, 3.63) is 75.8 Å². The van der Waals surface area contributed by atoms with Gasteiger partial charge in [-0.3, -0.25) is 4.79 Å². The lowest BCUT2D eigenvalue weighted by Crippen LogP contribution is -2.13. The summed E-state index contributed by atoms with van der Waals surface area (Å²) in [6.45, 7) is 3.80. The number of nitrogens with one attached hydrogen (secondary N) is 2. The summed E-state index contributed by atoms with van der Waals surface area (Å²) in [6, 6.07) is 7.93. The smallest absolute Gasteiger partial charge is 0.251 e. The highest BCUT2D eigenvalue weighted by molar-refractivity contribution is 5.56. The second-order valence-corrected chi connectivity index (χ2v) is 6.14. The maximum absolute atomic E-state index is 14.0. The first kappa shape index (κ1) is 18.7. The lowest BCUT2D eigenvalue weighted by Gasteiger charge is -2.19. The summed E-state index contributed by atoms with van der Waals surface area (Å²) in [5, 5.41) is 3.12. The Morgan fingerprint density at radius 2 is 1.96 bits per heavy atom. The van der Waals surface area contributed by atoms with Crippen molar-refractivity contribution in [2.24, 2.45) is 0 Å². The Morgan fingerprint density at radius 3 is 2.63 bits per heavy atom. The standard InChI is InChI=1S/C20H20F2N4O/c1-3-14-10-19(27)26-20(24-14)12-5-8-18(23-11-12)25-17(4-2)15-9-13(21)6-7-16(15)22/h5-11,17H,3-4H2,1-2H3,(H,23,25)(H,24,26,27). The topological polar surface area (TPSA) is 70.7 Å². The van der Waals surface area contributed by atoms with Gasteiger partial charge in [0.15, 0.2) is 0 Å². The molecule has 2 aromatic heterocycles. The zero-order valence-electron chi connectivity index (χ0n) is 15.1. The molecule has 2 N–H and O–H groups in total. The number of hydrogen-bond acceptors (Lipinski definition) is 4. The van der Waals surface area contributed by atoms with E-state index in [9.17, 15) is 13.6 Å². The van der Waals surface area contributed by atoms with E-state index in [0.29, 0.717) is 35.7 Å². The molecule has 3 aromatic rings.